The van der Waals surface area contributed by atoms with E-state index in [0.717, 1.165) is 37.0 Å². The molecule has 5 nitrogen and oxygen atoms in total. The Labute approximate surface area is 204 Å². The van der Waals surface area contributed by atoms with Gasteiger partial charge >= 0.3 is 0 Å². The van der Waals surface area contributed by atoms with Crippen LogP contribution in [0.4, 0.5) is 11.4 Å². The van der Waals surface area contributed by atoms with E-state index in [2.05, 4.69) is 64.3 Å². The number of amides is 2. The molecule has 0 heterocycles. The van der Waals surface area contributed by atoms with Crippen molar-refractivity contribution in [2.75, 3.05) is 17.2 Å². The van der Waals surface area contributed by atoms with E-state index in [1.165, 1.54) is 12.0 Å². The molecule has 2 amide bonds. The van der Waals surface area contributed by atoms with Crippen LogP contribution in [0.2, 0.25) is 0 Å². The van der Waals surface area contributed by atoms with Gasteiger partial charge in [0.15, 0.2) is 6.61 Å². The summed E-state index contributed by atoms with van der Waals surface area (Å²) in [5, 5.41) is 5.89. The molecule has 2 N–H and O–H groups in total. The van der Waals surface area contributed by atoms with Crippen LogP contribution in [0, 0.1) is 5.92 Å². The summed E-state index contributed by atoms with van der Waals surface area (Å²) < 4.78 is 5.96. The molecule has 184 valence electrons. The van der Waals surface area contributed by atoms with Crippen LogP contribution in [0.5, 0.6) is 5.75 Å². The van der Waals surface area contributed by atoms with Gasteiger partial charge in [0.25, 0.3) is 5.91 Å². The highest BCUT2D eigenvalue weighted by atomic mass is 16.5. The molecule has 0 aromatic heterocycles. The van der Waals surface area contributed by atoms with Crippen molar-refractivity contribution in [1.82, 2.24) is 0 Å². The zero-order valence-corrected chi connectivity index (χ0v) is 21.6. The second-order valence-electron chi connectivity index (χ2n) is 11.5. The van der Waals surface area contributed by atoms with Crippen molar-refractivity contribution in [1.29, 1.82) is 0 Å². The number of carbonyl (C=O) groups is 2. The fraction of sp³-hybridized carbons (Fsp3) is 0.517. The molecule has 2 aromatic carbocycles. The van der Waals surface area contributed by atoms with Gasteiger partial charge in [0.2, 0.25) is 5.91 Å². The minimum atomic E-state index is -0.240. The zero-order valence-electron chi connectivity index (χ0n) is 21.6. The first kappa shape index (κ1) is 25.8. The number of hydrogen-bond acceptors (Lipinski definition) is 3. The molecule has 3 rings (SSSR count). The van der Waals surface area contributed by atoms with Gasteiger partial charge in [0.05, 0.1) is 0 Å². The van der Waals surface area contributed by atoms with Crippen molar-refractivity contribution >= 4 is 23.2 Å². The largest absolute Gasteiger partial charge is 0.483 e. The highest BCUT2D eigenvalue weighted by molar-refractivity contribution is 5.95. The monoisotopic (exact) mass is 464 g/mol. The molecule has 0 atom stereocenters. The number of carbonyl (C=O) groups excluding carboxylic acids is 2. The fourth-order valence-corrected chi connectivity index (χ4v) is 4.33. The van der Waals surface area contributed by atoms with Gasteiger partial charge in [-0.1, -0.05) is 79.0 Å². The summed E-state index contributed by atoms with van der Waals surface area (Å²) in [5.41, 5.74) is 3.57. The van der Waals surface area contributed by atoms with Crippen molar-refractivity contribution in [3.63, 3.8) is 0 Å². The second-order valence-corrected chi connectivity index (χ2v) is 11.5. The van der Waals surface area contributed by atoms with Crippen LogP contribution < -0.4 is 15.4 Å². The van der Waals surface area contributed by atoms with Gasteiger partial charge < -0.3 is 15.4 Å². The van der Waals surface area contributed by atoms with Crippen LogP contribution in [-0.2, 0) is 20.4 Å². The average molecular weight is 465 g/mol. The summed E-state index contributed by atoms with van der Waals surface area (Å²) in [6.45, 7) is 12.9. The van der Waals surface area contributed by atoms with E-state index < -0.39 is 0 Å². The summed E-state index contributed by atoms with van der Waals surface area (Å²) in [6.07, 6.45) is 5.35. The molecule has 0 radical (unpaired) electrons. The maximum absolute atomic E-state index is 12.6. The maximum Gasteiger partial charge on any atom is 0.262 e. The van der Waals surface area contributed by atoms with Gasteiger partial charge in [-0.05, 0) is 59.1 Å². The van der Waals surface area contributed by atoms with E-state index in [-0.39, 0.29) is 35.2 Å². The van der Waals surface area contributed by atoms with Crippen LogP contribution in [0.1, 0.15) is 84.8 Å². The first-order valence-electron chi connectivity index (χ1n) is 12.4. The van der Waals surface area contributed by atoms with E-state index in [1.54, 1.807) is 6.07 Å². The number of hydrogen-bond donors (Lipinski definition) is 2. The standard InChI is InChI=1S/C29H40N2O3/c1-28(2,3)21-15-16-25(24(17-21)29(4,5)6)34-19-26(32)30-22-13-10-14-23(18-22)31-27(33)20-11-8-7-9-12-20/h10,13-18,20H,7-9,11-12,19H2,1-6H3,(H,30,32)(H,31,33). The molecule has 1 saturated carbocycles. The third-order valence-corrected chi connectivity index (χ3v) is 6.40. The quantitative estimate of drug-likeness (QED) is 0.493. The van der Waals surface area contributed by atoms with E-state index >= 15 is 0 Å². The minimum absolute atomic E-state index is 0.0350. The fourth-order valence-electron chi connectivity index (χ4n) is 4.33. The van der Waals surface area contributed by atoms with Crippen LogP contribution in [0.3, 0.4) is 0 Å². The number of ether oxygens (including phenoxy) is 1. The molecule has 0 bridgehead atoms. The van der Waals surface area contributed by atoms with E-state index in [4.69, 9.17) is 4.74 Å². The van der Waals surface area contributed by atoms with Crippen molar-refractivity contribution in [2.45, 2.75) is 84.5 Å². The van der Waals surface area contributed by atoms with Crippen molar-refractivity contribution in [2.24, 2.45) is 5.92 Å². The zero-order chi connectivity index (χ0) is 24.9. The Kier molecular flexibility index (Phi) is 8.06. The molecule has 1 aliphatic carbocycles. The SMILES string of the molecule is CC(C)(C)c1ccc(OCC(=O)Nc2cccc(NC(=O)C3CCCCC3)c2)c(C(C)(C)C)c1. The Balaban J connectivity index is 1.62. The Hall–Kier alpha value is -2.82. The van der Waals surface area contributed by atoms with Crippen molar-refractivity contribution in [3.8, 4) is 5.75 Å². The molecule has 0 saturated heterocycles. The average Bonchev–Trinajstić information content (AvgIpc) is 2.77. The Morgan fingerprint density at radius 3 is 2.12 bits per heavy atom. The Morgan fingerprint density at radius 1 is 0.853 bits per heavy atom. The normalized spacial score (nSPS) is 15.0. The molecule has 0 unspecified atom stereocenters. The summed E-state index contributed by atoms with van der Waals surface area (Å²) in [6, 6.07) is 13.5. The molecule has 5 heteroatoms. The van der Waals surface area contributed by atoms with Crippen molar-refractivity contribution in [3.05, 3.63) is 53.6 Å². The number of benzene rings is 2. The topological polar surface area (TPSA) is 67.4 Å². The predicted molar refractivity (Wildman–Crippen MR) is 140 cm³/mol. The van der Waals surface area contributed by atoms with Gasteiger partial charge in [0, 0.05) is 17.3 Å². The summed E-state index contributed by atoms with van der Waals surface area (Å²) in [5.74, 6) is 0.640. The molecule has 2 aromatic rings. The maximum atomic E-state index is 12.6. The number of nitrogens with one attached hydrogen (secondary N) is 2. The third kappa shape index (κ3) is 7.09. The number of rotatable bonds is 6. The first-order chi connectivity index (χ1) is 15.9. The lowest BCUT2D eigenvalue weighted by Crippen LogP contribution is -2.25. The summed E-state index contributed by atoms with van der Waals surface area (Å²) >= 11 is 0. The van der Waals surface area contributed by atoms with Crippen LogP contribution in [-0.4, -0.2) is 18.4 Å². The summed E-state index contributed by atoms with van der Waals surface area (Å²) in [7, 11) is 0. The van der Waals surface area contributed by atoms with Crippen LogP contribution in [0.25, 0.3) is 0 Å². The molecular weight excluding hydrogens is 424 g/mol. The van der Waals surface area contributed by atoms with Gasteiger partial charge in [-0.3, -0.25) is 9.59 Å². The molecule has 1 fully saturated rings. The lowest BCUT2D eigenvalue weighted by molar-refractivity contribution is -0.120. The molecule has 1 aliphatic rings. The Bertz CT molecular complexity index is 1010. The molecule has 0 spiro atoms. The second kappa shape index (κ2) is 10.6. The third-order valence-electron chi connectivity index (χ3n) is 6.40. The van der Waals surface area contributed by atoms with Crippen LogP contribution >= 0.6 is 0 Å². The van der Waals surface area contributed by atoms with E-state index in [0.29, 0.717) is 11.4 Å². The number of anilines is 2. The van der Waals surface area contributed by atoms with Gasteiger partial charge in [-0.15, -0.1) is 0 Å². The highest BCUT2D eigenvalue weighted by Gasteiger charge is 2.24. The molecular formula is C29H40N2O3. The highest BCUT2D eigenvalue weighted by Crippen LogP contribution is 2.35. The lowest BCUT2D eigenvalue weighted by Gasteiger charge is -2.27. The Morgan fingerprint density at radius 2 is 1.50 bits per heavy atom. The van der Waals surface area contributed by atoms with Gasteiger partial charge in [-0.25, -0.2) is 0 Å². The van der Waals surface area contributed by atoms with Gasteiger partial charge in [-0.2, -0.15) is 0 Å². The lowest BCUT2D eigenvalue weighted by atomic mass is 9.80. The molecule has 0 aliphatic heterocycles. The minimum Gasteiger partial charge on any atom is -0.483 e. The summed E-state index contributed by atoms with van der Waals surface area (Å²) in [4.78, 5) is 25.2. The first-order valence-corrected chi connectivity index (χ1v) is 12.4. The van der Waals surface area contributed by atoms with E-state index in [9.17, 15) is 9.59 Å². The van der Waals surface area contributed by atoms with Gasteiger partial charge in [0.1, 0.15) is 5.75 Å². The predicted octanol–water partition coefficient (Wildman–Crippen LogP) is 6.82. The smallest absolute Gasteiger partial charge is 0.262 e. The van der Waals surface area contributed by atoms with Crippen molar-refractivity contribution < 1.29 is 14.3 Å². The molecule has 34 heavy (non-hydrogen) atoms. The van der Waals surface area contributed by atoms with Crippen LogP contribution in [0.15, 0.2) is 42.5 Å². The van der Waals surface area contributed by atoms with E-state index in [1.807, 2.05) is 24.3 Å².